The lowest BCUT2D eigenvalue weighted by atomic mass is 10.2. The molecular formula is C21H22N4S. The Labute approximate surface area is 160 Å². The van der Waals surface area contributed by atoms with Gasteiger partial charge in [0.05, 0.1) is 11.4 Å². The largest absolute Gasteiger partial charge is 0.252 e. The highest BCUT2D eigenvalue weighted by Gasteiger charge is 1.92. The number of nitrogens with zero attached hydrogens (tertiary/aromatic N) is 2. The van der Waals surface area contributed by atoms with Crippen LogP contribution in [-0.2, 0) is 0 Å². The Morgan fingerprint density at radius 1 is 0.731 bits per heavy atom. The van der Waals surface area contributed by atoms with Crippen LogP contribution in [0.15, 0.2) is 83.0 Å². The minimum atomic E-state index is 0.338. The molecule has 0 aliphatic carbocycles. The van der Waals surface area contributed by atoms with Gasteiger partial charge in [0.25, 0.3) is 0 Å². The van der Waals surface area contributed by atoms with Gasteiger partial charge >= 0.3 is 0 Å². The molecule has 0 spiro atoms. The second kappa shape index (κ2) is 10.7. The average molecular weight is 363 g/mol. The third-order valence-electron chi connectivity index (χ3n) is 3.30. The van der Waals surface area contributed by atoms with Crippen LogP contribution in [0.3, 0.4) is 0 Å². The molecule has 0 aliphatic heterocycles. The topological polar surface area (TPSA) is 48.8 Å². The zero-order valence-corrected chi connectivity index (χ0v) is 15.7. The van der Waals surface area contributed by atoms with E-state index < -0.39 is 0 Å². The molecule has 0 unspecified atom stereocenters. The van der Waals surface area contributed by atoms with Crippen molar-refractivity contribution in [2.45, 2.75) is 13.8 Å². The van der Waals surface area contributed by atoms with Crippen molar-refractivity contribution < 1.29 is 0 Å². The van der Waals surface area contributed by atoms with Crippen LogP contribution in [0.25, 0.3) is 12.2 Å². The van der Waals surface area contributed by atoms with Crippen molar-refractivity contribution in [2.75, 3.05) is 0 Å². The second-order valence-electron chi connectivity index (χ2n) is 5.55. The molecule has 0 saturated carbocycles. The van der Waals surface area contributed by atoms with E-state index in [1.54, 1.807) is 0 Å². The molecule has 5 heteroatoms. The van der Waals surface area contributed by atoms with Gasteiger partial charge in [-0.2, -0.15) is 10.2 Å². The van der Waals surface area contributed by atoms with E-state index in [2.05, 4.69) is 21.1 Å². The maximum absolute atomic E-state index is 5.16. The van der Waals surface area contributed by atoms with Crippen LogP contribution in [0.4, 0.5) is 0 Å². The summed E-state index contributed by atoms with van der Waals surface area (Å²) < 4.78 is 0. The summed E-state index contributed by atoms with van der Waals surface area (Å²) in [5.74, 6) is 0. The monoisotopic (exact) mass is 362 g/mol. The van der Waals surface area contributed by atoms with Gasteiger partial charge in [-0.1, -0.05) is 72.8 Å². The van der Waals surface area contributed by atoms with Crippen LogP contribution in [-0.4, -0.2) is 16.5 Å². The van der Waals surface area contributed by atoms with Gasteiger partial charge in [-0.05, 0) is 49.3 Å². The van der Waals surface area contributed by atoms with E-state index in [4.69, 9.17) is 12.2 Å². The van der Waals surface area contributed by atoms with Crippen molar-refractivity contribution in [2.24, 2.45) is 10.2 Å². The normalized spacial score (nSPS) is 12.5. The van der Waals surface area contributed by atoms with Crippen molar-refractivity contribution >= 4 is 40.9 Å². The summed E-state index contributed by atoms with van der Waals surface area (Å²) in [5, 5.41) is 8.74. The number of benzene rings is 2. The maximum Gasteiger partial charge on any atom is 0.207 e. The van der Waals surface area contributed by atoms with E-state index in [1.807, 2.05) is 98.8 Å². The first-order valence-corrected chi connectivity index (χ1v) is 8.65. The number of nitrogens with one attached hydrogen (secondary N) is 2. The zero-order valence-electron chi connectivity index (χ0n) is 14.9. The molecule has 26 heavy (non-hydrogen) atoms. The molecule has 0 bridgehead atoms. The van der Waals surface area contributed by atoms with E-state index in [1.165, 1.54) is 0 Å². The van der Waals surface area contributed by atoms with Crippen LogP contribution in [0.2, 0.25) is 0 Å². The Kier molecular flexibility index (Phi) is 7.96. The molecule has 0 fully saturated rings. The van der Waals surface area contributed by atoms with Crippen LogP contribution >= 0.6 is 12.2 Å². The summed E-state index contributed by atoms with van der Waals surface area (Å²) in [7, 11) is 0. The molecule has 0 saturated heterocycles. The molecule has 2 aromatic rings. The molecule has 2 rings (SSSR count). The summed E-state index contributed by atoms with van der Waals surface area (Å²) in [6.07, 6.45) is 7.82. The highest BCUT2D eigenvalue weighted by atomic mass is 32.1. The SMILES string of the molecule is CC(/C=C\c1ccccc1)=N\NC(=S)N/N=C(C)/C=C\c1ccccc1. The Morgan fingerprint density at radius 3 is 1.50 bits per heavy atom. The van der Waals surface area contributed by atoms with Crippen molar-refractivity contribution in [3.63, 3.8) is 0 Å². The lowest BCUT2D eigenvalue weighted by molar-refractivity contribution is 0.927. The number of allylic oxidation sites excluding steroid dienone is 2. The smallest absolute Gasteiger partial charge is 0.207 e. The lowest BCUT2D eigenvalue weighted by Crippen LogP contribution is -2.29. The van der Waals surface area contributed by atoms with Gasteiger partial charge in [0, 0.05) is 0 Å². The van der Waals surface area contributed by atoms with Crippen molar-refractivity contribution in [3.8, 4) is 0 Å². The summed E-state index contributed by atoms with van der Waals surface area (Å²) in [6, 6.07) is 20.1. The van der Waals surface area contributed by atoms with Crippen LogP contribution in [0.1, 0.15) is 25.0 Å². The molecule has 0 atom stereocenters. The molecule has 0 amide bonds. The average Bonchev–Trinajstić information content (AvgIpc) is 2.69. The van der Waals surface area contributed by atoms with Gasteiger partial charge in [0.2, 0.25) is 5.11 Å². The number of rotatable bonds is 6. The predicted molar refractivity (Wildman–Crippen MR) is 116 cm³/mol. The van der Waals surface area contributed by atoms with Crippen molar-refractivity contribution in [1.29, 1.82) is 0 Å². The molecule has 2 N–H and O–H groups in total. The van der Waals surface area contributed by atoms with E-state index in [-0.39, 0.29) is 0 Å². The summed E-state index contributed by atoms with van der Waals surface area (Å²) in [5.41, 5.74) is 9.40. The molecule has 0 radical (unpaired) electrons. The first kappa shape index (κ1) is 19.3. The fraction of sp³-hybridized carbons (Fsp3) is 0.0952. The van der Waals surface area contributed by atoms with Gasteiger partial charge in [0.1, 0.15) is 0 Å². The summed E-state index contributed by atoms with van der Waals surface area (Å²) in [4.78, 5) is 0. The Morgan fingerprint density at radius 2 is 1.12 bits per heavy atom. The molecule has 2 aromatic carbocycles. The molecule has 0 aromatic heterocycles. The fourth-order valence-corrected chi connectivity index (χ4v) is 2.03. The van der Waals surface area contributed by atoms with Gasteiger partial charge in [-0.3, -0.25) is 10.9 Å². The molecular weight excluding hydrogens is 340 g/mol. The number of hydrogen-bond donors (Lipinski definition) is 2. The molecule has 0 aliphatic rings. The van der Waals surface area contributed by atoms with Crippen LogP contribution < -0.4 is 10.9 Å². The van der Waals surface area contributed by atoms with Crippen LogP contribution in [0, 0.1) is 0 Å². The highest BCUT2D eigenvalue weighted by Crippen LogP contribution is 2.01. The van der Waals surface area contributed by atoms with E-state index in [0.29, 0.717) is 5.11 Å². The second-order valence-corrected chi connectivity index (χ2v) is 5.96. The van der Waals surface area contributed by atoms with Gasteiger partial charge in [0.15, 0.2) is 0 Å². The molecule has 4 nitrogen and oxygen atoms in total. The maximum atomic E-state index is 5.16. The lowest BCUT2D eigenvalue weighted by Gasteiger charge is -2.03. The van der Waals surface area contributed by atoms with Crippen molar-refractivity contribution in [3.05, 3.63) is 83.9 Å². The third-order valence-corrected chi connectivity index (χ3v) is 3.48. The standard InChI is InChI=1S/C21H22N4S/c1-17(13-15-19-9-5-3-6-10-19)22-24-21(26)25-23-18(2)14-16-20-11-7-4-8-12-20/h3-16H,1-2H3,(H2,24,25,26)/b15-13-,16-14-,22-17+,23-18+. The predicted octanol–water partition coefficient (Wildman–Crippen LogP) is 4.63. The minimum absolute atomic E-state index is 0.338. The zero-order chi connectivity index (χ0) is 18.6. The fourth-order valence-electron chi connectivity index (χ4n) is 1.94. The summed E-state index contributed by atoms with van der Waals surface area (Å²) in [6.45, 7) is 3.79. The quantitative estimate of drug-likeness (QED) is 0.447. The highest BCUT2D eigenvalue weighted by molar-refractivity contribution is 7.80. The van der Waals surface area contributed by atoms with Crippen LogP contribution in [0.5, 0.6) is 0 Å². The van der Waals surface area contributed by atoms with E-state index >= 15 is 0 Å². The Balaban J connectivity index is 1.80. The number of thiocarbonyl (C=S) groups is 1. The van der Waals surface area contributed by atoms with Gasteiger partial charge in [-0.25, -0.2) is 0 Å². The molecule has 0 heterocycles. The first-order chi connectivity index (χ1) is 12.6. The number of hydrazone groups is 2. The van der Waals surface area contributed by atoms with Gasteiger partial charge in [-0.15, -0.1) is 0 Å². The Bertz CT molecular complexity index is 752. The Hall–Kier alpha value is -3.05. The summed E-state index contributed by atoms with van der Waals surface area (Å²) >= 11 is 5.16. The van der Waals surface area contributed by atoms with Gasteiger partial charge < -0.3 is 0 Å². The number of hydrogen-bond acceptors (Lipinski definition) is 3. The molecule has 132 valence electrons. The third kappa shape index (κ3) is 7.68. The van der Waals surface area contributed by atoms with E-state index in [9.17, 15) is 0 Å². The van der Waals surface area contributed by atoms with E-state index in [0.717, 1.165) is 22.6 Å². The van der Waals surface area contributed by atoms with Crippen molar-refractivity contribution in [1.82, 2.24) is 10.9 Å². The minimum Gasteiger partial charge on any atom is -0.252 e. The first-order valence-electron chi connectivity index (χ1n) is 8.24.